The van der Waals surface area contributed by atoms with E-state index in [0.717, 1.165) is 15.3 Å². The molecule has 0 aliphatic rings. The topological polar surface area (TPSA) is 29.5 Å². The van der Waals surface area contributed by atoms with Gasteiger partial charge in [-0.05, 0) is 30.7 Å². The zero-order valence-electron chi connectivity index (χ0n) is 10.2. The molecule has 2 aromatic rings. The van der Waals surface area contributed by atoms with E-state index in [9.17, 15) is 5.11 Å². The Morgan fingerprint density at radius 1 is 1.22 bits per heavy atom. The summed E-state index contributed by atoms with van der Waals surface area (Å²) in [6.45, 7) is 2.62. The second kappa shape index (κ2) is 6.38. The van der Waals surface area contributed by atoms with Crippen molar-refractivity contribution in [2.24, 2.45) is 0 Å². The molecule has 0 saturated heterocycles. The van der Waals surface area contributed by atoms with Gasteiger partial charge < -0.3 is 9.84 Å². The standard InChI is InChI=1S/C15H16O2S/c1-2-17-11-10-13-8-9-14(18-13)15(16)12-6-4-3-5-7-12/h3-11,15-16H,2H2,1H3/b11-10-. The Bertz CT molecular complexity index is 502. The summed E-state index contributed by atoms with van der Waals surface area (Å²) >= 11 is 1.57. The van der Waals surface area contributed by atoms with Crippen LogP contribution in [0.15, 0.2) is 48.7 Å². The minimum atomic E-state index is -0.551. The van der Waals surface area contributed by atoms with Crippen LogP contribution in [-0.2, 0) is 4.74 Å². The highest BCUT2D eigenvalue weighted by molar-refractivity contribution is 7.13. The fourth-order valence-corrected chi connectivity index (χ4v) is 2.53. The highest BCUT2D eigenvalue weighted by Gasteiger charge is 2.11. The second-order valence-electron chi connectivity index (χ2n) is 3.81. The first-order chi connectivity index (χ1) is 8.81. The summed E-state index contributed by atoms with van der Waals surface area (Å²) in [6.07, 6.45) is 3.05. The summed E-state index contributed by atoms with van der Waals surface area (Å²) in [6, 6.07) is 13.6. The third kappa shape index (κ3) is 3.22. The summed E-state index contributed by atoms with van der Waals surface area (Å²) in [5.41, 5.74) is 0.916. The van der Waals surface area contributed by atoms with E-state index >= 15 is 0 Å². The summed E-state index contributed by atoms with van der Waals surface area (Å²) in [5.74, 6) is 0. The average molecular weight is 260 g/mol. The van der Waals surface area contributed by atoms with Crippen molar-refractivity contribution < 1.29 is 9.84 Å². The van der Waals surface area contributed by atoms with Crippen molar-refractivity contribution in [2.75, 3.05) is 6.61 Å². The summed E-state index contributed by atoms with van der Waals surface area (Å²) in [7, 11) is 0. The van der Waals surface area contributed by atoms with E-state index in [2.05, 4.69) is 0 Å². The smallest absolute Gasteiger partial charge is 0.113 e. The van der Waals surface area contributed by atoms with Crippen LogP contribution in [0.1, 0.15) is 28.3 Å². The molecule has 2 nitrogen and oxygen atoms in total. The van der Waals surface area contributed by atoms with Crippen LogP contribution < -0.4 is 0 Å². The molecule has 18 heavy (non-hydrogen) atoms. The third-order valence-corrected chi connectivity index (χ3v) is 3.63. The van der Waals surface area contributed by atoms with Gasteiger partial charge in [0.25, 0.3) is 0 Å². The molecule has 2 rings (SSSR count). The third-order valence-electron chi connectivity index (χ3n) is 2.53. The molecule has 0 aliphatic heterocycles. The Morgan fingerprint density at radius 3 is 2.72 bits per heavy atom. The van der Waals surface area contributed by atoms with E-state index in [-0.39, 0.29) is 0 Å². The van der Waals surface area contributed by atoms with Gasteiger partial charge in [0.05, 0.1) is 12.9 Å². The van der Waals surface area contributed by atoms with E-state index in [0.29, 0.717) is 6.61 Å². The fraction of sp³-hybridized carbons (Fsp3) is 0.200. The molecule has 1 heterocycles. The van der Waals surface area contributed by atoms with Gasteiger partial charge in [-0.2, -0.15) is 0 Å². The predicted molar refractivity (Wildman–Crippen MR) is 75.5 cm³/mol. The average Bonchev–Trinajstić information content (AvgIpc) is 2.88. The Morgan fingerprint density at radius 2 is 2.00 bits per heavy atom. The van der Waals surface area contributed by atoms with Gasteiger partial charge in [0.15, 0.2) is 0 Å². The van der Waals surface area contributed by atoms with Crippen LogP contribution >= 0.6 is 11.3 Å². The molecule has 0 fully saturated rings. The first-order valence-electron chi connectivity index (χ1n) is 5.92. The van der Waals surface area contributed by atoms with Crippen LogP contribution in [0.4, 0.5) is 0 Å². The van der Waals surface area contributed by atoms with Crippen molar-refractivity contribution in [3.63, 3.8) is 0 Å². The number of aliphatic hydroxyl groups is 1. The maximum Gasteiger partial charge on any atom is 0.113 e. The molecule has 0 amide bonds. The van der Waals surface area contributed by atoms with Gasteiger partial charge in [-0.25, -0.2) is 0 Å². The predicted octanol–water partition coefficient (Wildman–Crippen LogP) is 3.84. The van der Waals surface area contributed by atoms with Gasteiger partial charge in [0.2, 0.25) is 0 Å². The van der Waals surface area contributed by atoms with Crippen molar-refractivity contribution in [1.82, 2.24) is 0 Å². The largest absolute Gasteiger partial charge is 0.501 e. The number of hydrogen-bond donors (Lipinski definition) is 1. The van der Waals surface area contributed by atoms with Gasteiger partial charge >= 0.3 is 0 Å². The number of thiophene rings is 1. The molecule has 0 saturated carbocycles. The van der Waals surface area contributed by atoms with Gasteiger partial charge in [0.1, 0.15) is 6.10 Å². The molecule has 1 atom stereocenters. The molecule has 1 aromatic carbocycles. The molecule has 94 valence electrons. The minimum Gasteiger partial charge on any atom is -0.501 e. The normalized spacial score (nSPS) is 12.8. The number of benzene rings is 1. The van der Waals surface area contributed by atoms with E-state index < -0.39 is 6.10 Å². The highest BCUT2D eigenvalue weighted by Crippen LogP contribution is 2.28. The molecule has 1 N–H and O–H groups in total. The summed E-state index contributed by atoms with van der Waals surface area (Å²) in [5, 5.41) is 10.2. The monoisotopic (exact) mass is 260 g/mol. The Hall–Kier alpha value is -1.58. The second-order valence-corrected chi connectivity index (χ2v) is 4.96. The van der Waals surface area contributed by atoms with Crippen LogP contribution in [0.25, 0.3) is 6.08 Å². The van der Waals surface area contributed by atoms with Gasteiger partial charge in [-0.1, -0.05) is 30.3 Å². The van der Waals surface area contributed by atoms with Crippen LogP contribution in [-0.4, -0.2) is 11.7 Å². The molecular formula is C15H16O2S. The van der Waals surface area contributed by atoms with Crippen molar-refractivity contribution in [3.8, 4) is 0 Å². The maximum absolute atomic E-state index is 10.2. The maximum atomic E-state index is 10.2. The van der Waals surface area contributed by atoms with Gasteiger partial charge in [-0.15, -0.1) is 11.3 Å². The Balaban J connectivity index is 2.10. The van der Waals surface area contributed by atoms with E-state index in [4.69, 9.17) is 4.74 Å². The number of aliphatic hydroxyl groups excluding tert-OH is 1. The molecule has 0 radical (unpaired) electrons. The van der Waals surface area contributed by atoms with Crippen LogP contribution in [0.3, 0.4) is 0 Å². The minimum absolute atomic E-state index is 0.551. The highest BCUT2D eigenvalue weighted by atomic mass is 32.1. The SMILES string of the molecule is CCO/C=C\c1ccc(C(O)c2ccccc2)s1. The fourth-order valence-electron chi connectivity index (χ4n) is 1.62. The van der Waals surface area contributed by atoms with Crippen LogP contribution in [0.2, 0.25) is 0 Å². The van der Waals surface area contributed by atoms with E-state index in [1.165, 1.54) is 0 Å². The lowest BCUT2D eigenvalue weighted by molar-refractivity contribution is 0.224. The zero-order valence-corrected chi connectivity index (χ0v) is 11.1. The molecule has 0 bridgehead atoms. The molecule has 0 aliphatic carbocycles. The van der Waals surface area contributed by atoms with Crippen LogP contribution in [0.5, 0.6) is 0 Å². The lowest BCUT2D eigenvalue weighted by atomic mass is 10.1. The van der Waals surface area contributed by atoms with Crippen molar-refractivity contribution in [3.05, 3.63) is 64.0 Å². The molecule has 3 heteroatoms. The van der Waals surface area contributed by atoms with Gasteiger partial charge in [0, 0.05) is 9.75 Å². The zero-order chi connectivity index (χ0) is 12.8. The first-order valence-corrected chi connectivity index (χ1v) is 6.74. The Kier molecular flexibility index (Phi) is 4.56. The van der Waals surface area contributed by atoms with Crippen LogP contribution in [0, 0.1) is 0 Å². The van der Waals surface area contributed by atoms with Crippen molar-refractivity contribution in [2.45, 2.75) is 13.0 Å². The molecule has 0 spiro atoms. The quantitative estimate of drug-likeness (QED) is 0.828. The molecule has 1 aromatic heterocycles. The number of hydrogen-bond acceptors (Lipinski definition) is 3. The lowest BCUT2D eigenvalue weighted by Gasteiger charge is -2.07. The Labute approximate surface area is 111 Å². The summed E-state index contributed by atoms with van der Waals surface area (Å²) < 4.78 is 5.16. The van der Waals surface area contributed by atoms with Crippen molar-refractivity contribution >= 4 is 17.4 Å². The molecular weight excluding hydrogens is 244 g/mol. The number of ether oxygens (including phenoxy) is 1. The van der Waals surface area contributed by atoms with Crippen molar-refractivity contribution in [1.29, 1.82) is 0 Å². The lowest BCUT2D eigenvalue weighted by Crippen LogP contribution is -1.95. The van der Waals surface area contributed by atoms with Gasteiger partial charge in [-0.3, -0.25) is 0 Å². The first kappa shape index (κ1) is 12.9. The summed E-state index contributed by atoms with van der Waals surface area (Å²) in [4.78, 5) is 2.02. The van der Waals surface area contributed by atoms with E-state index in [1.807, 2.05) is 55.5 Å². The number of rotatable bonds is 5. The van der Waals surface area contributed by atoms with E-state index in [1.54, 1.807) is 17.6 Å². The molecule has 1 unspecified atom stereocenters.